The number of nitrogens with zero attached hydrogens (tertiary/aromatic N) is 1. The number of likely N-dealkylation sites (N-methyl/N-ethyl adjacent to an activating group) is 1. The summed E-state index contributed by atoms with van der Waals surface area (Å²) in [6, 6.07) is 5.53. The second-order valence-corrected chi connectivity index (χ2v) is 4.87. The van der Waals surface area contributed by atoms with Gasteiger partial charge in [-0.05, 0) is 36.7 Å². The van der Waals surface area contributed by atoms with Gasteiger partial charge < -0.3 is 15.5 Å². The highest BCUT2D eigenvalue weighted by atomic mass is 35.5. The Labute approximate surface area is 131 Å². The maximum Gasteiger partial charge on any atom is 0.251 e. The molecule has 0 saturated heterocycles. The van der Waals surface area contributed by atoms with Crippen LogP contribution in [0.3, 0.4) is 0 Å². The first-order valence-electron chi connectivity index (χ1n) is 7.03. The first-order valence-corrected chi connectivity index (χ1v) is 7.03. The third-order valence-electron chi connectivity index (χ3n) is 3.45. The molecule has 0 spiro atoms. The van der Waals surface area contributed by atoms with E-state index in [1.54, 1.807) is 17.9 Å². The number of carbonyl (C=O) groups excluding carboxylic acids is 2. The van der Waals surface area contributed by atoms with E-state index in [0.29, 0.717) is 18.7 Å². The van der Waals surface area contributed by atoms with Crippen LogP contribution in [0.1, 0.15) is 29.8 Å². The molecule has 0 fully saturated rings. The van der Waals surface area contributed by atoms with Gasteiger partial charge in [0.1, 0.15) is 0 Å². The summed E-state index contributed by atoms with van der Waals surface area (Å²) in [4.78, 5) is 25.2. The van der Waals surface area contributed by atoms with Crippen LogP contribution >= 0.6 is 12.4 Å². The van der Waals surface area contributed by atoms with Crippen LogP contribution in [0.15, 0.2) is 18.2 Å². The van der Waals surface area contributed by atoms with Gasteiger partial charge >= 0.3 is 0 Å². The average molecular weight is 312 g/mol. The number of fused-ring (bicyclic) bond motifs is 1. The summed E-state index contributed by atoms with van der Waals surface area (Å²) >= 11 is 0. The van der Waals surface area contributed by atoms with Crippen molar-refractivity contribution in [2.45, 2.75) is 20.3 Å². The van der Waals surface area contributed by atoms with Crippen molar-refractivity contribution in [3.8, 4) is 0 Å². The number of benzene rings is 1. The Morgan fingerprint density at radius 3 is 2.71 bits per heavy atom. The molecule has 0 saturated carbocycles. The van der Waals surface area contributed by atoms with Crippen molar-refractivity contribution in [2.75, 3.05) is 31.1 Å². The Bertz CT molecular complexity index is 520. The standard InChI is InChI=1S/C15H21N3O2.ClH/c1-3-16-7-8-17-15(20)13-4-5-14-12(10-13)6-9-18(14)11(2)19;/h4-5,10,16H,3,6-9H2,1-2H3,(H,17,20);1H. The van der Waals surface area contributed by atoms with Gasteiger partial charge in [0, 0.05) is 37.8 Å². The molecule has 0 aromatic heterocycles. The first-order chi connectivity index (χ1) is 9.63. The van der Waals surface area contributed by atoms with E-state index < -0.39 is 0 Å². The fourth-order valence-electron chi connectivity index (χ4n) is 2.41. The highest BCUT2D eigenvalue weighted by molar-refractivity contribution is 5.97. The molecule has 2 rings (SSSR count). The van der Waals surface area contributed by atoms with Crippen LogP contribution in [0.5, 0.6) is 0 Å². The molecule has 0 unspecified atom stereocenters. The molecule has 1 aromatic rings. The van der Waals surface area contributed by atoms with Crippen molar-refractivity contribution in [2.24, 2.45) is 0 Å². The molecule has 0 bridgehead atoms. The largest absolute Gasteiger partial charge is 0.351 e. The third-order valence-corrected chi connectivity index (χ3v) is 3.45. The summed E-state index contributed by atoms with van der Waals surface area (Å²) in [6.07, 6.45) is 0.813. The smallest absolute Gasteiger partial charge is 0.251 e. The second-order valence-electron chi connectivity index (χ2n) is 4.87. The van der Waals surface area contributed by atoms with Crippen LogP contribution in [0.25, 0.3) is 0 Å². The number of nitrogens with one attached hydrogen (secondary N) is 2. The van der Waals surface area contributed by atoms with Crippen molar-refractivity contribution >= 4 is 29.9 Å². The average Bonchev–Trinajstić information content (AvgIpc) is 2.86. The zero-order valence-corrected chi connectivity index (χ0v) is 13.3. The van der Waals surface area contributed by atoms with Crippen molar-refractivity contribution in [3.63, 3.8) is 0 Å². The predicted octanol–water partition coefficient (Wildman–Crippen LogP) is 1.36. The van der Waals surface area contributed by atoms with E-state index in [0.717, 1.165) is 30.8 Å². The number of rotatable bonds is 5. The van der Waals surface area contributed by atoms with Crippen molar-refractivity contribution in [3.05, 3.63) is 29.3 Å². The Hall–Kier alpha value is -1.59. The zero-order valence-electron chi connectivity index (χ0n) is 12.4. The first kappa shape index (κ1) is 17.5. The molecule has 5 nitrogen and oxygen atoms in total. The minimum absolute atomic E-state index is 0. The van der Waals surface area contributed by atoms with E-state index in [-0.39, 0.29) is 24.2 Å². The SMILES string of the molecule is CCNCCNC(=O)c1ccc2c(c1)CCN2C(C)=O.Cl. The molecule has 2 amide bonds. The Kier molecular flexibility index (Phi) is 6.65. The van der Waals surface area contributed by atoms with Gasteiger partial charge in [-0.15, -0.1) is 12.4 Å². The van der Waals surface area contributed by atoms with Gasteiger partial charge in [-0.25, -0.2) is 0 Å². The highest BCUT2D eigenvalue weighted by Crippen LogP contribution is 2.28. The number of halogens is 1. The summed E-state index contributed by atoms with van der Waals surface area (Å²) in [5.41, 5.74) is 2.66. The molecular weight excluding hydrogens is 290 g/mol. The van der Waals surface area contributed by atoms with Crippen LogP contribution in [0.4, 0.5) is 5.69 Å². The molecule has 1 aliphatic heterocycles. The number of anilines is 1. The zero-order chi connectivity index (χ0) is 14.5. The van der Waals surface area contributed by atoms with E-state index in [4.69, 9.17) is 0 Å². The second kappa shape index (κ2) is 8.00. The summed E-state index contributed by atoms with van der Waals surface area (Å²) < 4.78 is 0. The van der Waals surface area contributed by atoms with Crippen LogP contribution in [-0.2, 0) is 11.2 Å². The lowest BCUT2D eigenvalue weighted by Crippen LogP contribution is -2.31. The van der Waals surface area contributed by atoms with Gasteiger partial charge in [-0.3, -0.25) is 9.59 Å². The van der Waals surface area contributed by atoms with Gasteiger partial charge in [-0.1, -0.05) is 6.92 Å². The minimum atomic E-state index is -0.0630. The summed E-state index contributed by atoms with van der Waals surface area (Å²) in [7, 11) is 0. The molecule has 6 heteroatoms. The molecule has 21 heavy (non-hydrogen) atoms. The van der Waals surface area contributed by atoms with Crippen LogP contribution < -0.4 is 15.5 Å². The predicted molar refractivity (Wildman–Crippen MR) is 86.3 cm³/mol. The molecule has 0 aliphatic carbocycles. The number of hydrogen-bond acceptors (Lipinski definition) is 3. The van der Waals surface area contributed by atoms with Gasteiger partial charge in [0.25, 0.3) is 5.91 Å². The van der Waals surface area contributed by atoms with Crippen LogP contribution in [0.2, 0.25) is 0 Å². The Morgan fingerprint density at radius 1 is 1.29 bits per heavy atom. The van der Waals surface area contributed by atoms with Crippen molar-refractivity contribution in [1.82, 2.24) is 10.6 Å². The van der Waals surface area contributed by atoms with Crippen molar-refractivity contribution < 1.29 is 9.59 Å². The van der Waals surface area contributed by atoms with E-state index in [1.165, 1.54) is 0 Å². The number of carbonyl (C=O) groups is 2. The van der Waals surface area contributed by atoms with Crippen molar-refractivity contribution in [1.29, 1.82) is 0 Å². The van der Waals surface area contributed by atoms with Crippen LogP contribution in [-0.4, -0.2) is 38.0 Å². The maximum atomic E-state index is 12.0. The molecular formula is C15H22ClN3O2. The molecule has 1 heterocycles. The fraction of sp³-hybridized carbons (Fsp3) is 0.467. The number of amides is 2. The summed E-state index contributed by atoms with van der Waals surface area (Å²) in [6.45, 7) is 6.58. The van der Waals surface area contributed by atoms with E-state index in [2.05, 4.69) is 10.6 Å². The Balaban J connectivity index is 0.00000220. The third kappa shape index (κ3) is 4.19. The number of hydrogen-bond donors (Lipinski definition) is 2. The maximum absolute atomic E-state index is 12.0. The normalized spacial score (nSPS) is 12.6. The molecule has 2 N–H and O–H groups in total. The summed E-state index contributed by atoms with van der Waals surface area (Å²) in [5, 5.41) is 6.03. The lowest BCUT2D eigenvalue weighted by molar-refractivity contribution is -0.116. The van der Waals surface area contributed by atoms with Gasteiger partial charge in [0.05, 0.1) is 0 Å². The van der Waals surface area contributed by atoms with E-state index in [1.807, 2.05) is 19.1 Å². The fourth-order valence-corrected chi connectivity index (χ4v) is 2.41. The highest BCUT2D eigenvalue weighted by Gasteiger charge is 2.22. The van der Waals surface area contributed by atoms with E-state index >= 15 is 0 Å². The summed E-state index contributed by atoms with van der Waals surface area (Å²) in [5.74, 6) is -0.0152. The minimum Gasteiger partial charge on any atom is -0.351 e. The van der Waals surface area contributed by atoms with Gasteiger partial charge in [0.2, 0.25) is 5.91 Å². The lowest BCUT2D eigenvalue weighted by Gasteiger charge is -2.14. The molecule has 1 aromatic carbocycles. The van der Waals surface area contributed by atoms with E-state index in [9.17, 15) is 9.59 Å². The van der Waals surface area contributed by atoms with Gasteiger partial charge in [-0.2, -0.15) is 0 Å². The lowest BCUT2D eigenvalue weighted by atomic mass is 10.1. The molecule has 0 radical (unpaired) electrons. The quantitative estimate of drug-likeness (QED) is 0.807. The molecule has 1 aliphatic rings. The van der Waals surface area contributed by atoms with Crippen LogP contribution in [0, 0.1) is 0 Å². The van der Waals surface area contributed by atoms with Gasteiger partial charge in [0.15, 0.2) is 0 Å². The molecule has 116 valence electrons. The topological polar surface area (TPSA) is 61.4 Å². The monoisotopic (exact) mass is 311 g/mol. The Morgan fingerprint density at radius 2 is 2.05 bits per heavy atom. The molecule has 0 atom stereocenters.